The average Bonchev–Trinajstić information content (AvgIpc) is 3.07. The first-order valence-corrected chi connectivity index (χ1v) is 7.36. The van der Waals surface area contributed by atoms with Crippen molar-refractivity contribution in [1.82, 2.24) is 9.38 Å². The minimum absolute atomic E-state index is 0.000490. The fourth-order valence-corrected chi connectivity index (χ4v) is 2.90. The fourth-order valence-electron chi connectivity index (χ4n) is 2.05. The summed E-state index contributed by atoms with van der Waals surface area (Å²) < 4.78 is 6.63. The van der Waals surface area contributed by atoms with Crippen LogP contribution in [0.2, 0.25) is 0 Å². The van der Waals surface area contributed by atoms with Gasteiger partial charge in [-0.1, -0.05) is 12.1 Å². The van der Waals surface area contributed by atoms with E-state index in [1.807, 2.05) is 0 Å². The molecule has 0 amide bonds. The highest BCUT2D eigenvalue weighted by Gasteiger charge is 2.16. The van der Waals surface area contributed by atoms with Crippen LogP contribution in [0.15, 0.2) is 35.8 Å². The molecule has 0 bridgehead atoms. The minimum Gasteiger partial charge on any atom is -0.461 e. The number of imidazole rings is 1. The molecule has 2 aromatic heterocycles. The van der Waals surface area contributed by atoms with Crippen molar-refractivity contribution in [3.05, 3.63) is 51.7 Å². The van der Waals surface area contributed by atoms with Gasteiger partial charge in [0.2, 0.25) is 0 Å². The summed E-state index contributed by atoms with van der Waals surface area (Å²) >= 11 is 1.31. The molecule has 7 nitrogen and oxygen atoms in total. The third-order valence-electron chi connectivity index (χ3n) is 3.05. The Balaban J connectivity index is 2.04. The minimum atomic E-state index is -0.452. The number of nitrogens with zero attached hydrogens (tertiary/aromatic N) is 3. The zero-order valence-corrected chi connectivity index (χ0v) is 12.4. The van der Waals surface area contributed by atoms with Crippen LogP contribution in [0.1, 0.15) is 17.4 Å². The molecule has 22 heavy (non-hydrogen) atoms. The lowest BCUT2D eigenvalue weighted by Gasteiger charge is -1.99. The maximum Gasteiger partial charge on any atom is 0.356 e. The summed E-state index contributed by atoms with van der Waals surface area (Å²) in [6.45, 7) is 2.03. The monoisotopic (exact) mass is 317 g/mol. The van der Waals surface area contributed by atoms with E-state index in [9.17, 15) is 14.9 Å². The van der Waals surface area contributed by atoms with E-state index in [0.717, 1.165) is 0 Å². The quantitative estimate of drug-likeness (QED) is 0.419. The number of hydrogen-bond acceptors (Lipinski definition) is 6. The molecule has 0 atom stereocenters. The zero-order chi connectivity index (χ0) is 15.7. The van der Waals surface area contributed by atoms with Gasteiger partial charge in [0.15, 0.2) is 4.96 Å². The van der Waals surface area contributed by atoms with Crippen molar-refractivity contribution in [1.29, 1.82) is 0 Å². The number of carbonyl (C=O) groups excluding carboxylic acids is 1. The molecule has 0 saturated carbocycles. The third-order valence-corrected chi connectivity index (χ3v) is 3.89. The van der Waals surface area contributed by atoms with Gasteiger partial charge in [-0.3, -0.25) is 14.5 Å². The van der Waals surface area contributed by atoms with Crippen LogP contribution in [0, 0.1) is 10.1 Å². The van der Waals surface area contributed by atoms with Crippen molar-refractivity contribution >= 4 is 28.0 Å². The molecule has 0 radical (unpaired) electrons. The molecule has 8 heteroatoms. The molecule has 0 unspecified atom stereocenters. The van der Waals surface area contributed by atoms with Crippen molar-refractivity contribution in [3.8, 4) is 11.3 Å². The topological polar surface area (TPSA) is 86.7 Å². The summed E-state index contributed by atoms with van der Waals surface area (Å²) in [7, 11) is 0. The second-order valence-electron chi connectivity index (χ2n) is 4.43. The molecule has 0 fully saturated rings. The molecule has 3 rings (SSSR count). The highest BCUT2D eigenvalue weighted by molar-refractivity contribution is 7.15. The number of ether oxygens (including phenoxy) is 1. The number of fused-ring (bicyclic) bond motifs is 1. The molecule has 0 aliphatic rings. The van der Waals surface area contributed by atoms with E-state index in [4.69, 9.17) is 4.74 Å². The third kappa shape index (κ3) is 2.44. The predicted octanol–water partition coefficient (Wildman–Crippen LogP) is 3.15. The summed E-state index contributed by atoms with van der Waals surface area (Å²) in [5.74, 6) is -0.420. The van der Waals surface area contributed by atoms with Gasteiger partial charge in [-0.05, 0) is 6.92 Å². The van der Waals surface area contributed by atoms with Crippen LogP contribution in [0.5, 0.6) is 0 Å². The molecule has 1 aromatic carbocycles. The first-order chi connectivity index (χ1) is 10.6. The van der Waals surface area contributed by atoms with E-state index in [2.05, 4.69) is 4.98 Å². The summed E-state index contributed by atoms with van der Waals surface area (Å²) in [4.78, 5) is 27.3. The van der Waals surface area contributed by atoms with Crippen LogP contribution in [0.3, 0.4) is 0 Å². The zero-order valence-electron chi connectivity index (χ0n) is 11.6. The number of benzene rings is 1. The van der Waals surface area contributed by atoms with Crippen LogP contribution >= 0.6 is 11.3 Å². The number of non-ortho nitro benzene ring substituents is 1. The number of nitro groups is 1. The number of esters is 1. The highest BCUT2D eigenvalue weighted by atomic mass is 32.1. The van der Waals surface area contributed by atoms with Crippen molar-refractivity contribution in [2.75, 3.05) is 6.61 Å². The maximum absolute atomic E-state index is 11.9. The molecular formula is C14H11N3O4S. The number of nitro benzene ring substituents is 1. The van der Waals surface area contributed by atoms with E-state index >= 15 is 0 Å². The SMILES string of the molecule is CCOC(=O)c1csc2nc(-c3cccc([N+](=O)[O-])c3)cn12. The van der Waals surface area contributed by atoms with E-state index in [-0.39, 0.29) is 5.69 Å². The maximum atomic E-state index is 11.9. The van der Waals surface area contributed by atoms with Gasteiger partial charge in [0.05, 0.1) is 17.2 Å². The van der Waals surface area contributed by atoms with Crippen molar-refractivity contribution in [3.63, 3.8) is 0 Å². The molecule has 2 heterocycles. The largest absolute Gasteiger partial charge is 0.461 e. The normalized spacial score (nSPS) is 10.8. The molecule has 0 saturated heterocycles. The van der Waals surface area contributed by atoms with Gasteiger partial charge < -0.3 is 4.74 Å². The van der Waals surface area contributed by atoms with Crippen LogP contribution in [0.25, 0.3) is 16.2 Å². The van der Waals surface area contributed by atoms with Gasteiger partial charge in [-0.2, -0.15) is 0 Å². The first-order valence-electron chi connectivity index (χ1n) is 6.48. The van der Waals surface area contributed by atoms with E-state index in [0.29, 0.717) is 28.5 Å². The van der Waals surface area contributed by atoms with E-state index < -0.39 is 10.9 Å². The number of carbonyl (C=O) groups is 1. The molecule has 3 aromatic rings. The number of thiazole rings is 1. The fraction of sp³-hybridized carbons (Fsp3) is 0.143. The summed E-state index contributed by atoms with van der Waals surface area (Å²) in [6, 6.07) is 6.22. The Morgan fingerprint density at radius 1 is 1.50 bits per heavy atom. The van der Waals surface area contributed by atoms with Crippen molar-refractivity contribution in [2.45, 2.75) is 6.92 Å². The Morgan fingerprint density at radius 3 is 3.05 bits per heavy atom. The second kappa shape index (κ2) is 5.57. The lowest BCUT2D eigenvalue weighted by Crippen LogP contribution is -2.06. The van der Waals surface area contributed by atoms with Gasteiger partial charge in [-0.25, -0.2) is 9.78 Å². The van der Waals surface area contributed by atoms with Crippen LogP contribution in [0.4, 0.5) is 5.69 Å². The van der Waals surface area contributed by atoms with E-state index in [1.54, 1.807) is 35.0 Å². The van der Waals surface area contributed by atoms with Gasteiger partial charge in [0, 0.05) is 29.3 Å². The Bertz CT molecular complexity index is 868. The van der Waals surface area contributed by atoms with Crippen LogP contribution < -0.4 is 0 Å². The lowest BCUT2D eigenvalue weighted by molar-refractivity contribution is -0.384. The smallest absolute Gasteiger partial charge is 0.356 e. The number of aromatic nitrogens is 2. The van der Waals surface area contributed by atoms with Gasteiger partial charge in [-0.15, -0.1) is 11.3 Å². The Morgan fingerprint density at radius 2 is 2.32 bits per heavy atom. The Hall–Kier alpha value is -2.74. The Kier molecular flexibility index (Phi) is 3.60. The molecular weight excluding hydrogens is 306 g/mol. The van der Waals surface area contributed by atoms with Gasteiger partial charge in [0.1, 0.15) is 5.69 Å². The molecule has 0 spiro atoms. The molecule has 0 N–H and O–H groups in total. The van der Waals surface area contributed by atoms with Crippen LogP contribution in [-0.2, 0) is 4.74 Å². The van der Waals surface area contributed by atoms with Gasteiger partial charge >= 0.3 is 5.97 Å². The first kappa shape index (κ1) is 14.2. The Labute approximate surface area is 128 Å². The number of rotatable bonds is 4. The van der Waals surface area contributed by atoms with Crippen LogP contribution in [-0.4, -0.2) is 26.9 Å². The summed E-state index contributed by atoms with van der Waals surface area (Å²) in [5.41, 5.74) is 1.59. The summed E-state index contributed by atoms with van der Waals surface area (Å²) in [5, 5.41) is 12.5. The molecule has 112 valence electrons. The van der Waals surface area contributed by atoms with Crippen molar-refractivity contribution < 1.29 is 14.5 Å². The number of hydrogen-bond donors (Lipinski definition) is 0. The molecule has 0 aliphatic carbocycles. The standard InChI is InChI=1S/C14H11N3O4S/c1-2-21-13(18)12-8-22-14-15-11(7-16(12)14)9-4-3-5-10(6-9)17(19)20/h3-8H,2H2,1H3. The summed E-state index contributed by atoms with van der Waals surface area (Å²) in [6.07, 6.45) is 1.68. The van der Waals surface area contributed by atoms with E-state index in [1.165, 1.54) is 23.5 Å². The molecule has 0 aliphatic heterocycles. The second-order valence-corrected chi connectivity index (χ2v) is 5.26. The predicted molar refractivity (Wildman–Crippen MR) is 81.1 cm³/mol. The van der Waals surface area contributed by atoms with Gasteiger partial charge in [0.25, 0.3) is 5.69 Å². The van der Waals surface area contributed by atoms with Crippen molar-refractivity contribution in [2.24, 2.45) is 0 Å². The average molecular weight is 317 g/mol. The highest BCUT2D eigenvalue weighted by Crippen LogP contribution is 2.26. The lowest BCUT2D eigenvalue weighted by atomic mass is 10.1.